The van der Waals surface area contributed by atoms with Crippen LogP contribution in [0.1, 0.15) is 25.7 Å². The van der Waals surface area contributed by atoms with E-state index in [0.29, 0.717) is 12.6 Å². The van der Waals surface area contributed by atoms with Gasteiger partial charge in [-0.25, -0.2) is 0 Å². The van der Waals surface area contributed by atoms with Crippen LogP contribution in [0.25, 0.3) is 0 Å². The number of hydrogen-bond acceptors (Lipinski definition) is 3. The summed E-state index contributed by atoms with van der Waals surface area (Å²) in [4.78, 5) is 13.1. The molecule has 14 heavy (non-hydrogen) atoms. The van der Waals surface area contributed by atoms with Crippen molar-refractivity contribution in [1.29, 1.82) is 0 Å². The molecule has 1 aliphatic heterocycles. The summed E-state index contributed by atoms with van der Waals surface area (Å²) in [5.74, 6) is -0.207. The first-order valence-electron chi connectivity index (χ1n) is 5.41. The van der Waals surface area contributed by atoms with Gasteiger partial charge in [-0.1, -0.05) is 6.42 Å². The van der Waals surface area contributed by atoms with Gasteiger partial charge in [0.1, 0.15) is 0 Å². The minimum atomic E-state index is -0.207. The number of primary amides is 1. The van der Waals surface area contributed by atoms with Crippen LogP contribution in [0.15, 0.2) is 0 Å². The van der Waals surface area contributed by atoms with Crippen molar-refractivity contribution in [2.45, 2.75) is 31.7 Å². The number of nitrogens with zero attached hydrogens (tertiary/aromatic N) is 1. The average molecular weight is 199 g/mol. The molecule has 1 unspecified atom stereocenters. The molecule has 0 aromatic heterocycles. The van der Waals surface area contributed by atoms with Crippen LogP contribution < -0.4 is 11.1 Å². The predicted molar refractivity (Wildman–Crippen MR) is 57.0 cm³/mol. The highest BCUT2D eigenvalue weighted by atomic mass is 16.1. The lowest BCUT2D eigenvalue weighted by Gasteiger charge is -2.34. The standard InChI is InChI=1S/C10H21N3O/c1-12-6-5-9-4-2-3-7-13(9)8-10(11)14/h9,12H,2-8H2,1H3,(H2,11,14). The maximum absolute atomic E-state index is 10.9. The van der Waals surface area contributed by atoms with Gasteiger partial charge < -0.3 is 11.1 Å². The molecule has 4 heteroatoms. The van der Waals surface area contributed by atoms with Crippen LogP contribution in [0.3, 0.4) is 0 Å². The fraction of sp³-hybridized carbons (Fsp3) is 0.900. The molecule has 1 saturated heterocycles. The molecule has 0 spiro atoms. The van der Waals surface area contributed by atoms with E-state index in [-0.39, 0.29) is 5.91 Å². The van der Waals surface area contributed by atoms with Crippen LogP contribution in [0, 0.1) is 0 Å². The van der Waals surface area contributed by atoms with Gasteiger partial charge in [0.05, 0.1) is 6.54 Å². The third-order valence-electron chi connectivity index (χ3n) is 2.84. The van der Waals surface area contributed by atoms with Gasteiger partial charge >= 0.3 is 0 Å². The van der Waals surface area contributed by atoms with Gasteiger partial charge in [-0.05, 0) is 39.4 Å². The Morgan fingerprint density at radius 3 is 3.00 bits per heavy atom. The highest BCUT2D eigenvalue weighted by Gasteiger charge is 2.22. The van der Waals surface area contributed by atoms with Crippen LogP contribution in [-0.2, 0) is 4.79 Å². The van der Waals surface area contributed by atoms with Crippen molar-refractivity contribution in [3.05, 3.63) is 0 Å². The van der Waals surface area contributed by atoms with Gasteiger partial charge in [0.2, 0.25) is 5.91 Å². The Balaban J connectivity index is 2.37. The minimum absolute atomic E-state index is 0.207. The number of likely N-dealkylation sites (tertiary alicyclic amines) is 1. The topological polar surface area (TPSA) is 58.4 Å². The largest absolute Gasteiger partial charge is 0.369 e. The number of amides is 1. The molecule has 1 atom stereocenters. The lowest BCUT2D eigenvalue weighted by Crippen LogP contribution is -2.45. The summed E-state index contributed by atoms with van der Waals surface area (Å²) in [6.45, 7) is 2.46. The molecule has 1 heterocycles. The molecule has 82 valence electrons. The monoisotopic (exact) mass is 199 g/mol. The normalized spacial score (nSPS) is 23.6. The SMILES string of the molecule is CNCCC1CCCCN1CC(N)=O. The Morgan fingerprint density at radius 2 is 2.36 bits per heavy atom. The second-order valence-electron chi connectivity index (χ2n) is 3.98. The van der Waals surface area contributed by atoms with E-state index in [1.807, 2.05) is 7.05 Å². The summed E-state index contributed by atoms with van der Waals surface area (Å²) in [6.07, 6.45) is 4.80. The van der Waals surface area contributed by atoms with Crippen molar-refractivity contribution in [3.63, 3.8) is 0 Å². The first kappa shape index (κ1) is 11.5. The molecule has 4 nitrogen and oxygen atoms in total. The van der Waals surface area contributed by atoms with Gasteiger partial charge in [-0.15, -0.1) is 0 Å². The highest BCUT2D eigenvalue weighted by molar-refractivity contribution is 5.75. The molecule has 1 rings (SSSR count). The van der Waals surface area contributed by atoms with Gasteiger partial charge in [0, 0.05) is 6.04 Å². The number of rotatable bonds is 5. The summed E-state index contributed by atoms with van der Waals surface area (Å²) >= 11 is 0. The number of piperidine rings is 1. The van der Waals surface area contributed by atoms with E-state index < -0.39 is 0 Å². The summed E-state index contributed by atoms with van der Waals surface area (Å²) in [7, 11) is 1.96. The van der Waals surface area contributed by atoms with E-state index in [9.17, 15) is 4.79 Å². The summed E-state index contributed by atoms with van der Waals surface area (Å²) in [6, 6.07) is 0.545. The molecule has 1 aliphatic rings. The zero-order valence-electron chi connectivity index (χ0n) is 8.96. The smallest absolute Gasteiger partial charge is 0.231 e. The van der Waals surface area contributed by atoms with E-state index in [0.717, 1.165) is 19.5 Å². The number of carbonyl (C=O) groups excluding carboxylic acids is 1. The Hall–Kier alpha value is -0.610. The first-order valence-corrected chi connectivity index (χ1v) is 5.41. The molecular weight excluding hydrogens is 178 g/mol. The van der Waals surface area contributed by atoms with E-state index in [2.05, 4.69) is 10.2 Å². The highest BCUT2D eigenvalue weighted by Crippen LogP contribution is 2.18. The molecule has 1 fully saturated rings. The molecule has 3 N–H and O–H groups in total. The molecular formula is C10H21N3O. The predicted octanol–water partition coefficient (Wildman–Crippen LogP) is -0.0643. The van der Waals surface area contributed by atoms with Crippen LogP contribution in [0.4, 0.5) is 0 Å². The Bertz CT molecular complexity index is 184. The first-order chi connectivity index (χ1) is 6.74. The van der Waals surface area contributed by atoms with Crippen LogP contribution in [-0.4, -0.2) is 43.5 Å². The minimum Gasteiger partial charge on any atom is -0.369 e. The summed E-state index contributed by atoms with van der Waals surface area (Å²) in [5, 5.41) is 3.15. The number of nitrogens with one attached hydrogen (secondary N) is 1. The van der Waals surface area contributed by atoms with E-state index in [1.54, 1.807) is 0 Å². The molecule has 0 saturated carbocycles. The van der Waals surface area contributed by atoms with E-state index >= 15 is 0 Å². The zero-order valence-corrected chi connectivity index (χ0v) is 8.96. The molecule has 0 aromatic carbocycles. The molecule has 1 amide bonds. The van der Waals surface area contributed by atoms with E-state index in [1.165, 1.54) is 19.3 Å². The third kappa shape index (κ3) is 3.64. The number of nitrogens with two attached hydrogens (primary N) is 1. The average Bonchev–Trinajstić information content (AvgIpc) is 2.16. The quantitative estimate of drug-likeness (QED) is 0.652. The van der Waals surface area contributed by atoms with Crippen LogP contribution in [0.5, 0.6) is 0 Å². The summed E-state index contributed by atoms with van der Waals surface area (Å²) < 4.78 is 0. The maximum Gasteiger partial charge on any atom is 0.231 e. The van der Waals surface area contributed by atoms with Crippen molar-refractivity contribution < 1.29 is 4.79 Å². The van der Waals surface area contributed by atoms with Gasteiger partial charge in [-0.2, -0.15) is 0 Å². The maximum atomic E-state index is 10.9. The fourth-order valence-electron chi connectivity index (χ4n) is 2.11. The molecule has 0 aromatic rings. The van der Waals surface area contributed by atoms with Crippen LogP contribution in [0.2, 0.25) is 0 Å². The third-order valence-corrected chi connectivity index (χ3v) is 2.84. The van der Waals surface area contributed by atoms with Crippen molar-refractivity contribution in [1.82, 2.24) is 10.2 Å². The zero-order chi connectivity index (χ0) is 10.4. The Labute approximate surface area is 85.8 Å². The Morgan fingerprint density at radius 1 is 1.57 bits per heavy atom. The van der Waals surface area contributed by atoms with Crippen molar-refractivity contribution >= 4 is 5.91 Å². The van der Waals surface area contributed by atoms with Gasteiger partial charge in [0.15, 0.2) is 0 Å². The lowest BCUT2D eigenvalue weighted by molar-refractivity contribution is -0.120. The van der Waals surface area contributed by atoms with Crippen molar-refractivity contribution in [2.24, 2.45) is 5.73 Å². The number of carbonyl (C=O) groups is 1. The lowest BCUT2D eigenvalue weighted by atomic mass is 9.99. The second kappa shape index (κ2) is 5.98. The Kier molecular flexibility index (Phi) is 4.90. The van der Waals surface area contributed by atoms with Gasteiger partial charge in [0.25, 0.3) is 0 Å². The molecule has 0 aliphatic carbocycles. The molecule has 0 radical (unpaired) electrons. The summed E-state index contributed by atoms with van der Waals surface area (Å²) in [5.41, 5.74) is 5.22. The van der Waals surface area contributed by atoms with E-state index in [4.69, 9.17) is 5.73 Å². The molecule has 0 bridgehead atoms. The van der Waals surface area contributed by atoms with Gasteiger partial charge in [-0.3, -0.25) is 9.69 Å². The van der Waals surface area contributed by atoms with Crippen molar-refractivity contribution in [2.75, 3.05) is 26.7 Å². The fourth-order valence-corrected chi connectivity index (χ4v) is 2.11. The van der Waals surface area contributed by atoms with Crippen molar-refractivity contribution in [3.8, 4) is 0 Å². The van der Waals surface area contributed by atoms with Crippen LogP contribution >= 0.6 is 0 Å². The second-order valence-corrected chi connectivity index (χ2v) is 3.98. The number of hydrogen-bond donors (Lipinski definition) is 2.